The average molecular weight is 217 g/mol. The van der Waals surface area contributed by atoms with Gasteiger partial charge >= 0.3 is 0 Å². The fourth-order valence-electron chi connectivity index (χ4n) is 1.82. The number of nitrogens with zero attached hydrogens (tertiary/aromatic N) is 1. The molecule has 2 aliphatic rings. The van der Waals surface area contributed by atoms with Gasteiger partial charge in [0.15, 0.2) is 0 Å². The van der Waals surface area contributed by atoms with Crippen LogP contribution >= 0.6 is 0 Å². The molecule has 0 N–H and O–H groups in total. The van der Waals surface area contributed by atoms with Crippen molar-refractivity contribution in [3.63, 3.8) is 0 Å². The molecule has 0 aromatic heterocycles. The molecule has 0 saturated heterocycles. The minimum Gasteiger partial charge on any atom is -0.497 e. The van der Waals surface area contributed by atoms with Gasteiger partial charge < -0.3 is 9.47 Å². The van der Waals surface area contributed by atoms with Crippen LogP contribution in [0.3, 0.4) is 0 Å². The van der Waals surface area contributed by atoms with Crippen molar-refractivity contribution in [2.45, 2.75) is 12.8 Å². The van der Waals surface area contributed by atoms with Crippen LogP contribution in [-0.4, -0.2) is 20.1 Å². The van der Waals surface area contributed by atoms with E-state index in [0.717, 1.165) is 24.2 Å². The third-order valence-corrected chi connectivity index (χ3v) is 2.63. The van der Waals surface area contributed by atoms with Gasteiger partial charge in [-0.25, -0.2) is 4.99 Å². The van der Waals surface area contributed by atoms with Gasteiger partial charge in [-0.2, -0.15) is 0 Å². The van der Waals surface area contributed by atoms with Gasteiger partial charge in [0.2, 0.25) is 5.90 Å². The zero-order chi connectivity index (χ0) is 11.4. The molecule has 3 heteroatoms. The maximum atomic E-state index is 5.30. The lowest BCUT2D eigenvalue weighted by Crippen LogP contribution is -2.06. The first-order valence-corrected chi connectivity index (χ1v) is 5.26. The molecule has 0 fully saturated rings. The van der Waals surface area contributed by atoms with E-state index in [2.05, 4.69) is 11.1 Å². The highest BCUT2D eigenvalue weighted by Crippen LogP contribution is 2.24. The Morgan fingerprint density at radius 1 is 1.12 bits per heavy atom. The number of hydrogen-bond acceptors (Lipinski definition) is 3. The second kappa shape index (κ2) is 4.84. The summed E-state index contributed by atoms with van der Waals surface area (Å²) < 4.78 is 10.6. The molecule has 0 spiro atoms. The number of hydrogen-bond donors (Lipinski definition) is 0. The average Bonchev–Trinajstić information content (AvgIpc) is 2.61. The Morgan fingerprint density at radius 3 is 2.75 bits per heavy atom. The summed E-state index contributed by atoms with van der Waals surface area (Å²) in [6.45, 7) is 0. The van der Waals surface area contributed by atoms with E-state index in [1.165, 1.54) is 5.57 Å². The van der Waals surface area contributed by atoms with Crippen molar-refractivity contribution >= 4 is 5.90 Å². The third-order valence-electron chi connectivity index (χ3n) is 2.63. The van der Waals surface area contributed by atoms with Crippen LogP contribution in [0.5, 0.6) is 0 Å². The predicted octanol–water partition coefficient (Wildman–Crippen LogP) is 2.74. The van der Waals surface area contributed by atoms with Crippen LogP contribution in [-0.2, 0) is 9.47 Å². The molecule has 2 rings (SSSR count). The fourth-order valence-corrected chi connectivity index (χ4v) is 1.82. The third kappa shape index (κ3) is 2.08. The Bertz CT molecular complexity index is 425. The van der Waals surface area contributed by atoms with Crippen LogP contribution in [0, 0.1) is 0 Å². The monoisotopic (exact) mass is 217 g/mol. The molecule has 0 bridgehead atoms. The smallest absolute Gasteiger partial charge is 0.216 e. The molecule has 0 aromatic carbocycles. The molecule has 3 nitrogen and oxygen atoms in total. The zero-order valence-corrected chi connectivity index (χ0v) is 9.56. The van der Waals surface area contributed by atoms with Crippen LogP contribution in [0.15, 0.2) is 52.4 Å². The topological polar surface area (TPSA) is 30.8 Å². The fraction of sp³-hybridized carbons (Fsp3) is 0.308. The summed E-state index contributed by atoms with van der Waals surface area (Å²) in [5, 5.41) is 0. The highest BCUT2D eigenvalue weighted by Gasteiger charge is 2.15. The second-order valence-electron chi connectivity index (χ2n) is 3.59. The SMILES string of the molecule is COC1=CC2=C(CC=C1)C(OC)=NC=CC2. The summed E-state index contributed by atoms with van der Waals surface area (Å²) in [5.41, 5.74) is 2.34. The summed E-state index contributed by atoms with van der Waals surface area (Å²) >= 11 is 0. The molecular formula is C13H15NO2. The lowest BCUT2D eigenvalue weighted by molar-refractivity contribution is 0.306. The molecule has 16 heavy (non-hydrogen) atoms. The number of ether oxygens (including phenoxy) is 2. The van der Waals surface area contributed by atoms with Crippen LogP contribution in [0.25, 0.3) is 0 Å². The Balaban J connectivity index is 2.44. The maximum Gasteiger partial charge on any atom is 0.216 e. The molecule has 0 atom stereocenters. The normalized spacial score (nSPS) is 19.4. The van der Waals surface area contributed by atoms with Crippen LogP contribution in [0.4, 0.5) is 0 Å². The minimum absolute atomic E-state index is 0.696. The maximum absolute atomic E-state index is 5.30. The molecular weight excluding hydrogens is 202 g/mol. The van der Waals surface area contributed by atoms with Crippen molar-refractivity contribution in [3.8, 4) is 0 Å². The summed E-state index contributed by atoms with van der Waals surface area (Å²) in [4.78, 5) is 4.27. The van der Waals surface area contributed by atoms with Crippen molar-refractivity contribution in [2.24, 2.45) is 4.99 Å². The number of aliphatic imine (C=N–C) groups is 1. The lowest BCUT2D eigenvalue weighted by Gasteiger charge is -2.09. The van der Waals surface area contributed by atoms with Gasteiger partial charge in [-0.3, -0.25) is 0 Å². The van der Waals surface area contributed by atoms with Gasteiger partial charge in [0.25, 0.3) is 0 Å². The molecule has 1 aliphatic heterocycles. The zero-order valence-electron chi connectivity index (χ0n) is 9.56. The van der Waals surface area contributed by atoms with Crippen molar-refractivity contribution < 1.29 is 9.47 Å². The van der Waals surface area contributed by atoms with Crippen molar-refractivity contribution in [2.75, 3.05) is 14.2 Å². The van der Waals surface area contributed by atoms with E-state index >= 15 is 0 Å². The van der Waals surface area contributed by atoms with Gasteiger partial charge in [0.05, 0.1) is 14.2 Å². The second-order valence-corrected chi connectivity index (χ2v) is 3.59. The van der Waals surface area contributed by atoms with Gasteiger partial charge in [-0.05, 0) is 30.6 Å². The van der Waals surface area contributed by atoms with E-state index < -0.39 is 0 Å². The molecule has 0 saturated carbocycles. The molecule has 1 aliphatic carbocycles. The Labute approximate surface area is 95.5 Å². The number of methoxy groups -OCH3 is 2. The summed E-state index contributed by atoms with van der Waals surface area (Å²) in [5.74, 6) is 1.57. The van der Waals surface area contributed by atoms with Crippen LogP contribution < -0.4 is 0 Å². The Morgan fingerprint density at radius 2 is 2.00 bits per heavy atom. The van der Waals surface area contributed by atoms with E-state index in [1.54, 1.807) is 20.4 Å². The van der Waals surface area contributed by atoms with Gasteiger partial charge in [-0.1, -0.05) is 12.2 Å². The molecule has 0 unspecified atom stereocenters. The first kappa shape index (κ1) is 10.7. The molecule has 0 radical (unpaired) electrons. The van der Waals surface area contributed by atoms with Gasteiger partial charge in [0.1, 0.15) is 5.76 Å². The quantitative estimate of drug-likeness (QED) is 0.676. The molecule has 84 valence electrons. The van der Waals surface area contributed by atoms with E-state index in [-0.39, 0.29) is 0 Å². The lowest BCUT2D eigenvalue weighted by atomic mass is 10.0. The Kier molecular flexibility index (Phi) is 3.25. The molecule has 0 aromatic rings. The largest absolute Gasteiger partial charge is 0.497 e. The van der Waals surface area contributed by atoms with E-state index in [4.69, 9.17) is 9.47 Å². The van der Waals surface area contributed by atoms with Crippen molar-refractivity contribution in [1.29, 1.82) is 0 Å². The van der Waals surface area contributed by atoms with Crippen molar-refractivity contribution in [3.05, 3.63) is 47.4 Å². The summed E-state index contributed by atoms with van der Waals surface area (Å²) in [6.07, 6.45) is 11.6. The van der Waals surface area contributed by atoms with E-state index in [1.807, 2.05) is 18.2 Å². The highest BCUT2D eigenvalue weighted by atomic mass is 16.5. The standard InChI is InChI=1S/C13H15NO2/c1-15-11-6-3-7-12-10(9-11)5-4-8-14-13(12)16-2/h3-4,6,8-9H,5,7H2,1-2H3. The molecule has 1 heterocycles. The number of allylic oxidation sites excluding steroid dienone is 5. The highest BCUT2D eigenvalue weighted by molar-refractivity contribution is 5.96. The first-order valence-electron chi connectivity index (χ1n) is 5.26. The summed E-state index contributed by atoms with van der Waals surface area (Å²) in [7, 11) is 3.33. The van der Waals surface area contributed by atoms with Crippen LogP contribution in [0.2, 0.25) is 0 Å². The van der Waals surface area contributed by atoms with Gasteiger partial charge in [-0.15, -0.1) is 0 Å². The van der Waals surface area contributed by atoms with Crippen molar-refractivity contribution in [1.82, 2.24) is 0 Å². The molecule has 0 amide bonds. The van der Waals surface area contributed by atoms with E-state index in [0.29, 0.717) is 5.90 Å². The number of rotatable bonds is 1. The van der Waals surface area contributed by atoms with E-state index in [9.17, 15) is 0 Å². The van der Waals surface area contributed by atoms with Crippen LogP contribution in [0.1, 0.15) is 12.8 Å². The first-order chi connectivity index (χ1) is 7.85. The Hall–Kier alpha value is -1.77. The minimum atomic E-state index is 0.696. The summed E-state index contributed by atoms with van der Waals surface area (Å²) in [6, 6.07) is 0. The van der Waals surface area contributed by atoms with Gasteiger partial charge in [0, 0.05) is 11.8 Å². The predicted molar refractivity (Wildman–Crippen MR) is 64.1 cm³/mol.